The van der Waals surface area contributed by atoms with Crippen LogP contribution in [0.2, 0.25) is 0 Å². The third-order valence-corrected chi connectivity index (χ3v) is 1.70. The van der Waals surface area contributed by atoms with Crippen LogP contribution in [0.25, 0.3) is 0 Å². The quantitative estimate of drug-likeness (QED) is 0.554. The molecule has 1 aliphatic carbocycles. The van der Waals surface area contributed by atoms with Crippen molar-refractivity contribution < 1.29 is 4.79 Å². The maximum absolute atomic E-state index is 11.0. The first-order valence-electron chi connectivity index (χ1n) is 3.38. The Hall–Kier alpha value is -1.51. The molecule has 0 aromatic carbocycles. The molecule has 0 spiro atoms. The molecule has 0 bridgehead atoms. The summed E-state index contributed by atoms with van der Waals surface area (Å²) in [6.07, 6.45) is 9.24. The molecule has 54 valence electrons. The fraction of sp³-hybridized carbons (Fsp3) is 0.125. The molecule has 1 aliphatic heterocycles. The van der Waals surface area contributed by atoms with E-state index in [4.69, 9.17) is 0 Å². The van der Waals surface area contributed by atoms with Gasteiger partial charge >= 0.3 is 0 Å². The van der Waals surface area contributed by atoms with E-state index >= 15 is 0 Å². The highest BCUT2D eigenvalue weighted by Crippen LogP contribution is 2.23. The molecule has 0 aromatic heterocycles. The smallest absolute Gasteiger partial charge is 0.265 e. The Bertz CT molecular complexity index is 298. The van der Waals surface area contributed by atoms with Crippen molar-refractivity contribution in [3.63, 3.8) is 0 Å². The molecule has 1 heterocycles. The summed E-state index contributed by atoms with van der Waals surface area (Å²) in [5, 5.41) is 6.92. The normalized spacial score (nSPS) is 21.8. The molecule has 2 aliphatic rings. The molecule has 0 radical (unpaired) electrons. The number of allylic oxidation sites excluding steroid dienone is 4. The Labute approximate surface area is 63.8 Å². The van der Waals surface area contributed by atoms with Crippen molar-refractivity contribution >= 4 is 5.91 Å². The molecule has 0 N–H and O–H groups in total. The Balaban J connectivity index is 2.25. The third kappa shape index (κ3) is 0.941. The van der Waals surface area contributed by atoms with Gasteiger partial charge in [-0.05, 0) is 0 Å². The summed E-state index contributed by atoms with van der Waals surface area (Å²) in [4.78, 5) is 11.0. The van der Waals surface area contributed by atoms with E-state index in [-0.39, 0.29) is 11.8 Å². The van der Waals surface area contributed by atoms with Gasteiger partial charge in [-0.15, -0.1) is 5.11 Å². The molecule has 1 amide bonds. The average molecular weight is 146 g/mol. The van der Waals surface area contributed by atoms with Crippen molar-refractivity contribution in [2.75, 3.05) is 0 Å². The number of nitrogens with zero attached hydrogens (tertiary/aromatic N) is 2. The van der Waals surface area contributed by atoms with Gasteiger partial charge in [-0.1, -0.05) is 24.3 Å². The third-order valence-electron chi connectivity index (χ3n) is 1.70. The molecule has 0 fully saturated rings. The second-order valence-electron chi connectivity index (χ2n) is 2.40. The van der Waals surface area contributed by atoms with Crippen molar-refractivity contribution in [1.82, 2.24) is 0 Å². The van der Waals surface area contributed by atoms with E-state index in [1.54, 1.807) is 0 Å². The summed E-state index contributed by atoms with van der Waals surface area (Å²) in [6.45, 7) is 0. The highest BCUT2D eigenvalue weighted by Gasteiger charge is 2.20. The first kappa shape index (κ1) is 6.22. The van der Waals surface area contributed by atoms with E-state index < -0.39 is 0 Å². The average Bonchev–Trinajstić information content (AvgIpc) is 2.55. The van der Waals surface area contributed by atoms with Gasteiger partial charge in [0.25, 0.3) is 5.91 Å². The van der Waals surface area contributed by atoms with Gasteiger partial charge in [0.1, 0.15) is 0 Å². The minimum atomic E-state index is -0.216. The van der Waals surface area contributed by atoms with Crippen molar-refractivity contribution in [1.29, 1.82) is 0 Å². The van der Waals surface area contributed by atoms with Crippen LogP contribution in [0, 0.1) is 5.92 Å². The van der Waals surface area contributed by atoms with Gasteiger partial charge in [-0.2, -0.15) is 5.11 Å². The number of amides is 1. The van der Waals surface area contributed by atoms with E-state index in [2.05, 4.69) is 10.2 Å². The van der Waals surface area contributed by atoms with Crippen LogP contribution in [0.5, 0.6) is 0 Å². The van der Waals surface area contributed by atoms with Crippen LogP contribution in [0.3, 0.4) is 0 Å². The van der Waals surface area contributed by atoms with Gasteiger partial charge in [0, 0.05) is 5.92 Å². The second kappa shape index (κ2) is 2.27. The van der Waals surface area contributed by atoms with Crippen molar-refractivity contribution in [3.8, 4) is 0 Å². The molecular weight excluding hydrogens is 140 g/mol. The first-order chi connectivity index (χ1) is 5.38. The zero-order chi connectivity index (χ0) is 7.68. The maximum Gasteiger partial charge on any atom is 0.293 e. The van der Waals surface area contributed by atoms with E-state index in [1.807, 2.05) is 24.3 Å². The van der Waals surface area contributed by atoms with E-state index in [1.165, 1.54) is 6.20 Å². The largest absolute Gasteiger partial charge is 0.293 e. The minimum absolute atomic E-state index is 0.0949. The van der Waals surface area contributed by atoms with Gasteiger partial charge in [-0.3, -0.25) is 4.79 Å². The van der Waals surface area contributed by atoms with Crippen LogP contribution < -0.4 is 0 Å². The number of hydrogen-bond acceptors (Lipinski definition) is 2. The number of rotatable bonds is 1. The zero-order valence-corrected chi connectivity index (χ0v) is 5.77. The topological polar surface area (TPSA) is 41.8 Å². The van der Waals surface area contributed by atoms with Crippen molar-refractivity contribution in [3.05, 3.63) is 36.1 Å². The summed E-state index contributed by atoms with van der Waals surface area (Å²) < 4.78 is 0. The maximum atomic E-state index is 11.0. The van der Waals surface area contributed by atoms with Crippen molar-refractivity contribution in [2.45, 2.75) is 0 Å². The SMILES string of the molecule is O=C1N=NC=C1C1C=CC=C1. The fourth-order valence-corrected chi connectivity index (χ4v) is 1.12. The molecule has 3 heteroatoms. The first-order valence-corrected chi connectivity index (χ1v) is 3.38. The molecule has 0 aromatic rings. The number of azo groups is 1. The molecular formula is C8H6N2O. The van der Waals surface area contributed by atoms with Crippen LogP contribution in [0.15, 0.2) is 46.3 Å². The summed E-state index contributed by atoms with van der Waals surface area (Å²) in [6, 6.07) is 0. The molecule has 0 saturated carbocycles. The van der Waals surface area contributed by atoms with Crippen LogP contribution in [-0.4, -0.2) is 5.91 Å². The van der Waals surface area contributed by atoms with E-state index in [0.717, 1.165) is 0 Å². The van der Waals surface area contributed by atoms with Crippen LogP contribution in [0.4, 0.5) is 0 Å². The number of hydrogen-bond donors (Lipinski definition) is 0. The Morgan fingerprint density at radius 1 is 1.27 bits per heavy atom. The lowest BCUT2D eigenvalue weighted by Crippen LogP contribution is -2.02. The van der Waals surface area contributed by atoms with Gasteiger partial charge in [0.2, 0.25) is 0 Å². The molecule has 0 atom stereocenters. The van der Waals surface area contributed by atoms with Crippen LogP contribution in [0.1, 0.15) is 0 Å². The lowest BCUT2D eigenvalue weighted by molar-refractivity contribution is -0.114. The predicted molar refractivity (Wildman–Crippen MR) is 39.7 cm³/mol. The zero-order valence-electron chi connectivity index (χ0n) is 5.77. The lowest BCUT2D eigenvalue weighted by atomic mass is 10.0. The van der Waals surface area contributed by atoms with Gasteiger partial charge < -0.3 is 0 Å². The Kier molecular flexibility index (Phi) is 1.28. The Morgan fingerprint density at radius 2 is 2.00 bits per heavy atom. The summed E-state index contributed by atoms with van der Waals surface area (Å²) in [7, 11) is 0. The fourth-order valence-electron chi connectivity index (χ4n) is 1.12. The summed E-state index contributed by atoms with van der Waals surface area (Å²) in [5.41, 5.74) is 0.662. The highest BCUT2D eigenvalue weighted by atomic mass is 16.2. The van der Waals surface area contributed by atoms with Gasteiger partial charge in [0.15, 0.2) is 0 Å². The minimum Gasteiger partial charge on any atom is -0.265 e. The number of carbonyl (C=O) groups excluding carboxylic acids is 1. The van der Waals surface area contributed by atoms with Gasteiger partial charge in [-0.25, -0.2) is 0 Å². The highest BCUT2D eigenvalue weighted by molar-refractivity contribution is 5.96. The molecule has 0 saturated heterocycles. The molecule has 0 unspecified atom stereocenters. The van der Waals surface area contributed by atoms with Gasteiger partial charge in [0.05, 0.1) is 11.8 Å². The lowest BCUT2D eigenvalue weighted by Gasteiger charge is -2.00. The van der Waals surface area contributed by atoms with E-state index in [9.17, 15) is 4.79 Å². The summed E-state index contributed by atoms with van der Waals surface area (Å²) >= 11 is 0. The molecule has 2 rings (SSSR count). The molecule has 11 heavy (non-hydrogen) atoms. The van der Waals surface area contributed by atoms with Crippen LogP contribution >= 0.6 is 0 Å². The predicted octanol–water partition coefficient (Wildman–Crippen LogP) is 1.60. The van der Waals surface area contributed by atoms with Crippen molar-refractivity contribution in [2.24, 2.45) is 16.1 Å². The Morgan fingerprint density at radius 3 is 2.55 bits per heavy atom. The monoisotopic (exact) mass is 146 g/mol. The summed E-state index contributed by atoms with van der Waals surface area (Å²) in [5.74, 6) is -0.122. The second-order valence-corrected chi connectivity index (χ2v) is 2.40. The van der Waals surface area contributed by atoms with Crippen LogP contribution in [-0.2, 0) is 4.79 Å². The standard InChI is InChI=1S/C8H6N2O/c11-8-7(5-9-10-8)6-3-1-2-4-6/h1-6H. The van der Waals surface area contributed by atoms with E-state index in [0.29, 0.717) is 5.57 Å². The number of carbonyl (C=O) groups is 1. The molecule has 3 nitrogen and oxygen atoms in total.